The van der Waals surface area contributed by atoms with Gasteiger partial charge in [-0.15, -0.1) is 15.3 Å². The van der Waals surface area contributed by atoms with Gasteiger partial charge in [-0.25, -0.2) is 4.79 Å². The Morgan fingerprint density at radius 2 is 2.13 bits per heavy atom. The van der Waals surface area contributed by atoms with E-state index < -0.39 is 6.09 Å². The standard InChI is InChI=1S/C14H16N6O2S/c1-9(11-17-18-13-20(11)19-12(15-2)23-13)16-14(21)22-8-10-6-4-3-5-7-10/h3-7,9H,8H2,1-2H3,(H,15,19)(H,16,21)/t9-/m1/s1. The van der Waals surface area contributed by atoms with Gasteiger partial charge >= 0.3 is 6.09 Å². The molecule has 3 aromatic rings. The number of fused-ring (bicyclic) bond motifs is 1. The van der Waals surface area contributed by atoms with Crippen molar-refractivity contribution in [3.8, 4) is 0 Å². The lowest BCUT2D eigenvalue weighted by Crippen LogP contribution is -2.28. The summed E-state index contributed by atoms with van der Waals surface area (Å²) in [5.74, 6) is 0.550. The van der Waals surface area contributed by atoms with E-state index in [1.807, 2.05) is 30.3 Å². The van der Waals surface area contributed by atoms with Gasteiger partial charge in [-0.1, -0.05) is 41.7 Å². The fourth-order valence-electron chi connectivity index (χ4n) is 2.01. The van der Waals surface area contributed by atoms with Crippen LogP contribution in [0.1, 0.15) is 24.4 Å². The number of benzene rings is 1. The summed E-state index contributed by atoms with van der Waals surface area (Å²) in [4.78, 5) is 12.6. The monoisotopic (exact) mass is 332 g/mol. The average Bonchev–Trinajstić information content (AvgIpc) is 3.13. The molecule has 2 aromatic heterocycles. The Balaban J connectivity index is 1.62. The van der Waals surface area contributed by atoms with E-state index in [-0.39, 0.29) is 12.6 Å². The Morgan fingerprint density at radius 3 is 2.87 bits per heavy atom. The fourth-order valence-corrected chi connectivity index (χ4v) is 2.71. The van der Waals surface area contributed by atoms with Crippen molar-refractivity contribution in [3.63, 3.8) is 0 Å². The first kappa shape index (κ1) is 15.2. The molecule has 0 unspecified atom stereocenters. The molecule has 1 aromatic carbocycles. The van der Waals surface area contributed by atoms with Gasteiger partial charge in [0.05, 0.1) is 6.04 Å². The molecule has 0 saturated carbocycles. The third kappa shape index (κ3) is 3.39. The van der Waals surface area contributed by atoms with Crippen LogP contribution in [0.25, 0.3) is 4.96 Å². The highest BCUT2D eigenvalue weighted by Gasteiger charge is 2.19. The zero-order chi connectivity index (χ0) is 16.2. The maximum absolute atomic E-state index is 11.9. The molecular weight excluding hydrogens is 316 g/mol. The first-order chi connectivity index (χ1) is 11.2. The third-order valence-corrected chi connectivity index (χ3v) is 4.08. The quantitative estimate of drug-likeness (QED) is 0.744. The number of rotatable bonds is 5. The Kier molecular flexibility index (Phi) is 4.38. The van der Waals surface area contributed by atoms with Crippen molar-refractivity contribution < 1.29 is 9.53 Å². The second-order valence-electron chi connectivity index (χ2n) is 4.84. The van der Waals surface area contributed by atoms with E-state index in [9.17, 15) is 4.79 Å². The van der Waals surface area contributed by atoms with Crippen molar-refractivity contribution in [1.82, 2.24) is 25.1 Å². The number of hydrogen-bond donors (Lipinski definition) is 2. The average molecular weight is 332 g/mol. The van der Waals surface area contributed by atoms with Crippen LogP contribution < -0.4 is 10.6 Å². The van der Waals surface area contributed by atoms with Gasteiger partial charge in [0.15, 0.2) is 5.82 Å². The van der Waals surface area contributed by atoms with Crippen molar-refractivity contribution in [2.75, 3.05) is 12.4 Å². The molecule has 120 valence electrons. The first-order valence-electron chi connectivity index (χ1n) is 7.04. The summed E-state index contributed by atoms with van der Waals surface area (Å²) >= 11 is 1.39. The topological polar surface area (TPSA) is 93.4 Å². The Hall–Kier alpha value is -2.68. The van der Waals surface area contributed by atoms with Crippen LogP contribution in [-0.4, -0.2) is 33.0 Å². The van der Waals surface area contributed by atoms with E-state index in [2.05, 4.69) is 25.9 Å². The maximum Gasteiger partial charge on any atom is 0.408 e. The van der Waals surface area contributed by atoms with Crippen molar-refractivity contribution in [2.24, 2.45) is 0 Å². The molecule has 8 nitrogen and oxygen atoms in total. The Bertz CT molecular complexity index is 800. The van der Waals surface area contributed by atoms with Crippen LogP contribution >= 0.6 is 11.3 Å². The first-order valence-corrected chi connectivity index (χ1v) is 7.86. The van der Waals surface area contributed by atoms with Crippen molar-refractivity contribution in [1.29, 1.82) is 0 Å². The summed E-state index contributed by atoms with van der Waals surface area (Å²) in [6, 6.07) is 9.12. The smallest absolute Gasteiger partial charge is 0.408 e. The zero-order valence-corrected chi connectivity index (χ0v) is 13.5. The minimum Gasteiger partial charge on any atom is -0.445 e. The van der Waals surface area contributed by atoms with Gasteiger partial charge < -0.3 is 15.4 Å². The molecule has 1 amide bonds. The van der Waals surface area contributed by atoms with E-state index in [4.69, 9.17) is 4.74 Å². The molecule has 0 fully saturated rings. The summed E-state index contributed by atoms with van der Waals surface area (Å²) in [6.07, 6.45) is -0.512. The van der Waals surface area contributed by atoms with Crippen molar-refractivity contribution in [2.45, 2.75) is 19.6 Å². The maximum atomic E-state index is 11.9. The van der Waals surface area contributed by atoms with Gasteiger partial charge in [0.1, 0.15) is 6.61 Å². The summed E-state index contributed by atoms with van der Waals surface area (Å²) in [5.41, 5.74) is 0.929. The zero-order valence-electron chi connectivity index (χ0n) is 12.7. The van der Waals surface area contributed by atoms with Gasteiger partial charge in [-0.05, 0) is 12.5 Å². The van der Waals surface area contributed by atoms with Crippen molar-refractivity contribution >= 4 is 27.5 Å². The highest BCUT2D eigenvalue weighted by atomic mass is 32.1. The second-order valence-corrected chi connectivity index (χ2v) is 5.79. The molecule has 9 heteroatoms. The molecule has 1 atom stereocenters. The van der Waals surface area contributed by atoms with Gasteiger partial charge in [0, 0.05) is 7.05 Å². The highest BCUT2D eigenvalue weighted by Crippen LogP contribution is 2.20. The summed E-state index contributed by atoms with van der Waals surface area (Å²) in [5, 5.41) is 18.8. The number of hydrogen-bond acceptors (Lipinski definition) is 7. The van der Waals surface area contributed by atoms with Crippen LogP contribution in [0.2, 0.25) is 0 Å². The predicted molar refractivity (Wildman–Crippen MR) is 86.4 cm³/mol. The Morgan fingerprint density at radius 1 is 1.35 bits per heavy atom. The van der Waals surface area contributed by atoms with Crippen LogP contribution in [0.15, 0.2) is 30.3 Å². The molecule has 0 aliphatic heterocycles. The normalized spacial score (nSPS) is 12.1. The molecule has 0 spiro atoms. The number of alkyl carbamates (subject to hydrolysis) is 1. The molecule has 0 bridgehead atoms. The van der Waals surface area contributed by atoms with Crippen LogP contribution in [0.5, 0.6) is 0 Å². The van der Waals surface area contributed by atoms with E-state index in [0.717, 1.165) is 10.7 Å². The summed E-state index contributed by atoms with van der Waals surface area (Å²) in [6.45, 7) is 2.02. The number of nitrogens with zero attached hydrogens (tertiary/aromatic N) is 4. The fraction of sp³-hybridized carbons (Fsp3) is 0.286. The van der Waals surface area contributed by atoms with Crippen LogP contribution in [0.3, 0.4) is 0 Å². The minimum atomic E-state index is -0.512. The molecule has 23 heavy (non-hydrogen) atoms. The molecule has 0 aliphatic rings. The predicted octanol–water partition coefficient (Wildman–Crippen LogP) is 2.21. The molecule has 0 saturated heterocycles. The number of amides is 1. The minimum absolute atomic E-state index is 0.218. The molecular formula is C14H16N6O2S. The van der Waals surface area contributed by atoms with Crippen molar-refractivity contribution in [3.05, 3.63) is 41.7 Å². The number of aromatic nitrogens is 4. The number of ether oxygens (including phenoxy) is 1. The molecule has 0 radical (unpaired) electrons. The molecule has 3 rings (SSSR count). The van der Waals surface area contributed by atoms with Gasteiger partial charge in [0.25, 0.3) is 0 Å². The highest BCUT2D eigenvalue weighted by molar-refractivity contribution is 7.20. The molecule has 2 heterocycles. The van der Waals surface area contributed by atoms with E-state index in [1.165, 1.54) is 11.3 Å². The van der Waals surface area contributed by atoms with Crippen LogP contribution in [-0.2, 0) is 11.3 Å². The number of nitrogens with one attached hydrogen (secondary N) is 2. The van der Waals surface area contributed by atoms with Gasteiger partial charge in [0.2, 0.25) is 10.1 Å². The van der Waals surface area contributed by atoms with E-state index >= 15 is 0 Å². The molecule has 2 N–H and O–H groups in total. The molecule has 0 aliphatic carbocycles. The lowest BCUT2D eigenvalue weighted by Gasteiger charge is -2.11. The largest absolute Gasteiger partial charge is 0.445 e. The van der Waals surface area contributed by atoms with E-state index in [1.54, 1.807) is 18.5 Å². The summed E-state index contributed by atoms with van der Waals surface area (Å²) in [7, 11) is 1.79. The van der Waals surface area contributed by atoms with Crippen LogP contribution in [0.4, 0.5) is 9.93 Å². The van der Waals surface area contributed by atoms with Gasteiger partial charge in [-0.2, -0.15) is 4.52 Å². The van der Waals surface area contributed by atoms with Crippen LogP contribution in [0, 0.1) is 0 Å². The lowest BCUT2D eigenvalue weighted by molar-refractivity contribution is 0.136. The Labute approximate surface area is 136 Å². The number of carbonyl (C=O) groups is 1. The number of anilines is 1. The van der Waals surface area contributed by atoms with E-state index in [0.29, 0.717) is 10.8 Å². The number of carbonyl (C=O) groups excluding carboxylic acids is 1. The third-order valence-electron chi connectivity index (χ3n) is 3.16. The van der Waals surface area contributed by atoms with Gasteiger partial charge in [-0.3, -0.25) is 0 Å². The summed E-state index contributed by atoms with van der Waals surface area (Å²) < 4.78 is 6.81. The second kappa shape index (κ2) is 6.61. The lowest BCUT2D eigenvalue weighted by atomic mass is 10.2. The SMILES string of the molecule is CNc1nn2c([C@@H](C)NC(=O)OCc3ccccc3)nnc2s1.